The van der Waals surface area contributed by atoms with E-state index < -0.39 is 83.0 Å². The van der Waals surface area contributed by atoms with E-state index in [2.05, 4.69) is 26.6 Å². The summed E-state index contributed by atoms with van der Waals surface area (Å²) in [6.45, 7) is 8.58. The van der Waals surface area contributed by atoms with Gasteiger partial charge in [0.2, 0.25) is 23.5 Å². The monoisotopic (exact) mass is 721 g/mol. The van der Waals surface area contributed by atoms with Crippen LogP contribution in [-0.4, -0.2) is 93.6 Å². The molecular formula is C34H51N5O10S. The van der Waals surface area contributed by atoms with E-state index in [0.717, 1.165) is 0 Å². The van der Waals surface area contributed by atoms with Gasteiger partial charge in [0.1, 0.15) is 12.1 Å². The van der Waals surface area contributed by atoms with E-state index in [-0.39, 0.29) is 37.2 Å². The lowest BCUT2D eigenvalue weighted by molar-refractivity contribution is -0.142. The Morgan fingerprint density at radius 1 is 0.860 bits per heavy atom. The van der Waals surface area contributed by atoms with Gasteiger partial charge < -0.3 is 36.4 Å². The number of hydrogen-bond acceptors (Lipinski definition) is 9. The van der Waals surface area contributed by atoms with Crippen molar-refractivity contribution in [1.82, 2.24) is 26.6 Å². The number of carbonyl (C=O) groups is 7. The lowest BCUT2D eigenvalue weighted by atomic mass is 9.92. The Morgan fingerprint density at radius 2 is 1.48 bits per heavy atom. The van der Waals surface area contributed by atoms with E-state index in [1.165, 1.54) is 12.1 Å². The third-order valence-corrected chi connectivity index (χ3v) is 9.26. The molecule has 15 nitrogen and oxygen atoms in total. The summed E-state index contributed by atoms with van der Waals surface area (Å²) < 4.78 is 17.2. The summed E-state index contributed by atoms with van der Waals surface area (Å²) in [6.07, 6.45) is 0.687. The normalized spacial score (nSPS) is 18.1. The molecule has 0 bridgehead atoms. The highest BCUT2D eigenvalue weighted by Crippen LogP contribution is 2.22. The average Bonchev–Trinajstić information content (AvgIpc) is 3.07. The van der Waals surface area contributed by atoms with Crippen LogP contribution in [0.2, 0.25) is 0 Å². The number of aliphatic carboxylic acids is 1. The fourth-order valence-corrected chi connectivity index (χ4v) is 6.63. The zero-order valence-corrected chi connectivity index (χ0v) is 30.1. The highest BCUT2D eigenvalue weighted by molar-refractivity contribution is 7.85. The smallest absolute Gasteiger partial charge is 0.407 e. The number of amides is 5. The predicted molar refractivity (Wildman–Crippen MR) is 185 cm³/mol. The van der Waals surface area contributed by atoms with Crippen molar-refractivity contribution >= 4 is 52.3 Å². The molecule has 0 aliphatic carbocycles. The Hall–Kier alpha value is -4.34. The summed E-state index contributed by atoms with van der Waals surface area (Å²) in [5, 5.41) is 21.9. The van der Waals surface area contributed by atoms with Gasteiger partial charge in [0.25, 0.3) is 5.91 Å². The van der Waals surface area contributed by atoms with Gasteiger partial charge in [-0.2, -0.15) is 0 Å². The number of hydrogen-bond donors (Lipinski definition) is 6. The number of carbonyl (C=O) groups excluding carboxylic acids is 6. The van der Waals surface area contributed by atoms with Crippen LogP contribution in [0.4, 0.5) is 4.79 Å². The number of ether oxygens (including phenoxy) is 1. The van der Waals surface area contributed by atoms with Crippen molar-refractivity contribution in [2.75, 3.05) is 24.7 Å². The van der Waals surface area contributed by atoms with Crippen molar-refractivity contribution in [1.29, 1.82) is 0 Å². The van der Waals surface area contributed by atoms with Crippen molar-refractivity contribution in [2.45, 2.75) is 90.9 Å². The molecule has 2 rings (SSSR count). The SMILES string of the molecule is CCCC(NC(=O)[C@H](CC(C)C)NC(=O)[C@@H](NC(=O)OCC(C)C)C1CCS(=O)CC1)C(=O)C(=O)NCC(=O)N[C@H](C(=O)O)c1ccccc1. The maximum atomic E-state index is 13.7. The number of alkyl carbamates (subject to hydrolysis) is 1. The summed E-state index contributed by atoms with van der Waals surface area (Å²) in [6, 6.07) is 3.08. The first-order valence-electron chi connectivity index (χ1n) is 16.9. The number of carboxylic acids is 1. The Balaban J connectivity index is 2.12. The molecule has 0 aromatic heterocycles. The van der Waals surface area contributed by atoms with Crippen LogP contribution in [-0.2, 0) is 44.3 Å². The molecule has 1 aliphatic rings. The van der Waals surface area contributed by atoms with Crippen LogP contribution >= 0.6 is 0 Å². The van der Waals surface area contributed by atoms with Crippen LogP contribution < -0.4 is 26.6 Å². The Kier molecular flexibility index (Phi) is 17.6. The molecule has 278 valence electrons. The van der Waals surface area contributed by atoms with Gasteiger partial charge in [-0.1, -0.05) is 71.4 Å². The lowest BCUT2D eigenvalue weighted by Crippen LogP contribution is -2.59. The molecule has 1 saturated heterocycles. The van der Waals surface area contributed by atoms with E-state index in [4.69, 9.17) is 4.74 Å². The molecule has 1 aromatic carbocycles. The summed E-state index contributed by atoms with van der Waals surface area (Å²) in [5.74, 6) is -5.35. The second-order valence-corrected chi connectivity index (χ2v) is 14.8. The Morgan fingerprint density at radius 3 is 2.04 bits per heavy atom. The molecule has 16 heteroatoms. The molecule has 0 spiro atoms. The summed E-state index contributed by atoms with van der Waals surface area (Å²) in [7, 11) is -1.02. The van der Waals surface area contributed by atoms with Gasteiger partial charge in [-0.25, -0.2) is 9.59 Å². The zero-order chi connectivity index (χ0) is 37.4. The van der Waals surface area contributed by atoms with E-state index >= 15 is 0 Å². The highest BCUT2D eigenvalue weighted by atomic mass is 32.2. The molecule has 50 heavy (non-hydrogen) atoms. The van der Waals surface area contributed by atoms with Gasteiger partial charge in [0, 0.05) is 22.3 Å². The number of ketones is 1. The summed E-state index contributed by atoms with van der Waals surface area (Å²) in [5.41, 5.74) is 0.313. The lowest BCUT2D eigenvalue weighted by Gasteiger charge is -2.31. The third-order valence-electron chi connectivity index (χ3n) is 7.88. The third kappa shape index (κ3) is 14.3. The van der Waals surface area contributed by atoms with Crippen molar-refractivity contribution in [3.63, 3.8) is 0 Å². The van der Waals surface area contributed by atoms with Crippen LogP contribution in [0, 0.1) is 17.8 Å². The molecule has 1 aliphatic heterocycles. The maximum Gasteiger partial charge on any atom is 0.407 e. The Bertz CT molecular complexity index is 1360. The van der Waals surface area contributed by atoms with E-state index in [1.54, 1.807) is 25.1 Å². The van der Waals surface area contributed by atoms with Gasteiger partial charge in [-0.05, 0) is 49.0 Å². The maximum absolute atomic E-state index is 13.7. The topological polar surface area (TPSA) is 226 Å². The number of carboxylic acid groups (broad SMARTS) is 1. The van der Waals surface area contributed by atoms with Crippen LogP contribution in [0.3, 0.4) is 0 Å². The first-order valence-corrected chi connectivity index (χ1v) is 18.4. The van der Waals surface area contributed by atoms with E-state index in [9.17, 15) is 42.9 Å². The van der Waals surface area contributed by atoms with Crippen LogP contribution in [0.15, 0.2) is 30.3 Å². The minimum absolute atomic E-state index is 0.0613. The van der Waals surface area contributed by atoms with Crippen LogP contribution in [0.5, 0.6) is 0 Å². The summed E-state index contributed by atoms with van der Waals surface area (Å²) in [4.78, 5) is 89.9. The molecule has 1 fully saturated rings. The fourth-order valence-electron chi connectivity index (χ4n) is 5.30. The van der Waals surface area contributed by atoms with Gasteiger partial charge in [0.05, 0.1) is 19.2 Å². The molecule has 1 aromatic rings. The summed E-state index contributed by atoms with van der Waals surface area (Å²) >= 11 is 0. The van der Waals surface area contributed by atoms with Crippen molar-refractivity contribution in [2.24, 2.45) is 17.8 Å². The molecule has 6 N–H and O–H groups in total. The van der Waals surface area contributed by atoms with Gasteiger partial charge >= 0.3 is 12.1 Å². The highest BCUT2D eigenvalue weighted by Gasteiger charge is 2.36. The molecule has 4 atom stereocenters. The number of nitrogens with one attached hydrogen (secondary N) is 5. The molecule has 1 unspecified atom stereocenters. The average molecular weight is 722 g/mol. The van der Waals surface area contributed by atoms with Crippen molar-refractivity contribution in [3.8, 4) is 0 Å². The van der Waals surface area contributed by atoms with Crippen molar-refractivity contribution in [3.05, 3.63) is 35.9 Å². The van der Waals surface area contributed by atoms with Gasteiger partial charge in [0.15, 0.2) is 6.04 Å². The zero-order valence-electron chi connectivity index (χ0n) is 29.3. The van der Waals surface area contributed by atoms with Crippen molar-refractivity contribution < 1.29 is 47.6 Å². The van der Waals surface area contributed by atoms with Crippen LogP contribution in [0.25, 0.3) is 0 Å². The fraction of sp³-hybridized carbons (Fsp3) is 0.618. The second-order valence-electron chi connectivity index (χ2n) is 13.1. The largest absolute Gasteiger partial charge is 0.479 e. The van der Waals surface area contributed by atoms with E-state index in [1.807, 2.05) is 27.7 Å². The minimum Gasteiger partial charge on any atom is -0.479 e. The Labute approximate surface area is 295 Å². The quantitative estimate of drug-likeness (QED) is 0.112. The first kappa shape index (κ1) is 41.8. The van der Waals surface area contributed by atoms with Crippen LogP contribution in [0.1, 0.15) is 78.3 Å². The molecule has 5 amide bonds. The predicted octanol–water partition coefficient (Wildman–Crippen LogP) is 1.34. The number of rotatable bonds is 19. The molecule has 0 radical (unpaired) electrons. The first-order chi connectivity index (χ1) is 23.6. The number of Topliss-reactive ketones (excluding diaryl/α,β-unsaturated/α-hetero) is 1. The van der Waals surface area contributed by atoms with E-state index in [0.29, 0.717) is 36.3 Å². The molecule has 1 heterocycles. The minimum atomic E-state index is -1.38. The molecule has 0 saturated carbocycles. The second kappa shape index (κ2) is 21.0. The van der Waals surface area contributed by atoms with Gasteiger partial charge in [-0.3, -0.25) is 28.2 Å². The standard InChI is InChI=1S/C34H51N5O10S/c1-6-10-24(29(41)32(44)35-18-26(40)38-28(33(45)46)22-11-8-7-9-12-22)36-30(42)25(17-20(2)3)37-31(43)27(23-13-15-50(48)16-14-23)39-34(47)49-19-21(4)5/h7-9,11-12,20-21,23-25,27-28H,6,10,13-19H2,1-5H3,(H,35,44)(H,36,42)(H,37,43)(H,38,40)(H,39,47)(H,45,46)/t23?,24?,25-,27-,28-,50?/m0/s1. The number of benzene rings is 1. The van der Waals surface area contributed by atoms with Gasteiger partial charge in [-0.15, -0.1) is 0 Å². The molecular weight excluding hydrogens is 670 g/mol.